The summed E-state index contributed by atoms with van der Waals surface area (Å²) < 4.78 is 5.84. The highest BCUT2D eigenvalue weighted by molar-refractivity contribution is 6.07. The molecule has 158 valence electrons. The van der Waals surface area contributed by atoms with Crippen LogP contribution in [-0.4, -0.2) is 27.6 Å². The van der Waals surface area contributed by atoms with E-state index in [1.807, 2.05) is 31.2 Å². The van der Waals surface area contributed by atoms with Gasteiger partial charge >= 0.3 is 0 Å². The number of fused-ring (bicyclic) bond motifs is 1. The lowest BCUT2D eigenvalue weighted by Crippen LogP contribution is -2.28. The maximum atomic E-state index is 13.1. The van der Waals surface area contributed by atoms with E-state index in [1.165, 1.54) is 12.1 Å². The normalized spacial score (nSPS) is 12.6. The van der Waals surface area contributed by atoms with Crippen LogP contribution in [0, 0.1) is 17.0 Å². The average molecular weight is 426 g/mol. The lowest BCUT2D eigenvalue weighted by Gasteiger charge is -2.17. The number of nitro groups is 1. The van der Waals surface area contributed by atoms with Crippen molar-refractivity contribution in [3.8, 4) is 22.9 Å². The van der Waals surface area contributed by atoms with Gasteiger partial charge in [0.05, 0.1) is 10.6 Å². The van der Waals surface area contributed by atoms with Crippen molar-refractivity contribution in [2.45, 2.75) is 13.3 Å². The molecule has 0 unspecified atom stereocenters. The van der Waals surface area contributed by atoms with Gasteiger partial charge in [-0.05, 0) is 54.8 Å². The number of nitro benzene ring substituents is 1. The second-order valence-electron chi connectivity index (χ2n) is 7.58. The van der Waals surface area contributed by atoms with E-state index < -0.39 is 4.92 Å². The van der Waals surface area contributed by atoms with Crippen LogP contribution in [0.2, 0.25) is 0 Å². The number of nitrogens with zero attached hydrogens (tertiary/aromatic N) is 4. The number of rotatable bonds is 4. The Morgan fingerprint density at radius 3 is 2.53 bits per heavy atom. The molecule has 8 nitrogen and oxygen atoms in total. The van der Waals surface area contributed by atoms with Gasteiger partial charge < -0.3 is 9.32 Å². The topological polar surface area (TPSA) is 102 Å². The van der Waals surface area contributed by atoms with E-state index in [9.17, 15) is 14.9 Å². The molecule has 0 N–H and O–H groups in total. The van der Waals surface area contributed by atoms with Gasteiger partial charge in [-0.1, -0.05) is 24.3 Å². The summed E-state index contributed by atoms with van der Waals surface area (Å²) in [5, 5.41) is 19.4. The van der Waals surface area contributed by atoms with E-state index in [0.29, 0.717) is 41.6 Å². The first-order valence-electron chi connectivity index (χ1n) is 10.1. The minimum atomic E-state index is -0.453. The lowest BCUT2D eigenvalue weighted by atomic mass is 10.1. The zero-order valence-electron chi connectivity index (χ0n) is 17.2. The molecule has 0 radical (unpaired) electrons. The predicted octanol–water partition coefficient (Wildman–Crippen LogP) is 4.82. The largest absolute Gasteiger partial charge is 0.416 e. The van der Waals surface area contributed by atoms with E-state index >= 15 is 0 Å². The number of amides is 1. The van der Waals surface area contributed by atoms with Crippen molar-refractivity contribution in [2.24, 2.45) is 0 Å². The van der Waals surface area contributed by atoms with Crippen molar-refractivity contribution >= 4 is 17.3 Å². The van der Waals surface area contributed by atoms with Crippen molar-refractivity contribution in [1.29, 1.82) is 0 Å². The van der Waals surface area contributed by atoms with Crippen molar-refractivity contribution in [1.82, 2.24) is 10.2 Å². The van der Waals surface area contributed by atoms with Crippen LogP contribution < -0.4 is 4.90 Å². The van der Waals surface area contributed by atoms with Crippen molar-refractivity contribution in [3.63, 3.8) is 0 Å². The van der Waals surface area contributed by atoms with E-state index in [0.717, 1.165) is 16.7 Å². The summed E-state index contributed by atoms with van der Waals surface area (Å²) in [5.74, 6) is 0.597. The fraction of sp³-hybridized carbons (Fsp3) is 0.125. The Morgan fingerprint density at radius 1 is 1.03 bits per heavy atom. The second-order valence-corrected chi connectivity index (χ2v) is 7.58. The molecule has 0 saturated carbocycles. The standard InChI is InChI=1S/C24H18N4O4/c1-15-4-2-3-5-20(15)23-26-25-22(32-23)17-6-8-18(9-7-17)24(29)27-13-12-16-10-11-19(28(30)31)14-21(16)27/h2-11,14H,12-13H2,1H3. The molecule has 1 aromatic heterocycles. The summed E-state index contributed by atoms with van der Waals surface area (Å²) in [6, 6.07) is 19.3. The average Bonchev–Trinajstić information content (AvgIpc) is 3.46. The van der Waals surface area contributed by atoms with Crippen molar-refractivity contribution in [3.05, 3.63) is 93.5 Å². The third kappa shape index (κ3) is 3.41. The molecule has 1 aliphatic heterocycles. The Morgan fingerprint density at radius 2 is 1.78 bits per heavy atom. The fourth-order valence-electron chi connectivity index (χ4n) is 3.86. The van der Waals surface area contributed by atoms with Gasteiger partial charge in [0.2, 0.25) is 11.8 Å². The molecule has 0 aliphatic carbocycles. The monoisotopic (exact) mass is 426 g/mol. The number of carbonyl (C=O) groups excluding carboxylic acids is 1. The van der Waals surface area contributed by atoms with Crippen LogP contribution in [-0.2, 0) is 6.42 Å². The Kier molecular flexibility index (Phi) is 4.74. The molecule has 0 atom stereocenters. The van der Waals surface area contributed by atoms with Crippen molar-refractivity contribution < 1.29 is 14.1 Å². The molecular formula is C24H18N4O4. The summed E-state index contributed by atoms with van der Waals surface area (Å²) in [5.41, 5.74) is 4.58. The number of aryl methyl sites for hydroxylation is 1. The molecule has 8 heteroatoms. The molecule has 4 aromatic rings. The van der Waals surface area contributed by atoms with Gasteiger partial charge in [-0.15, -0.1) is 10.2 Å². The third-order valence-electron chi connectivity index (χ3n) is 5.60. The van der Waals surface area contributed by atoms with Crippen LogP contribution in [0.4, 0.5) is 11.4 Å². The number of hydrogen-bond donors (Lipinski definition) is 0. The summed E-state index contributed by atoms with van der Waals surface area (Å²) in [6.07, 6.45) is 0.667. The van der Waals surface area contributed by atoms with E-state index in [4.69, 9.17) is 4.42 Å². The number of non-ortho nitro benzene ring substituents is 1. The molecule has 0 saturated heterocycles. The Balaban J connectivity index is 1.39. The molecule has 1 amide bonds. The Bertz CT molecular complexity index is 1340. The number of aromatic nitrogens is 2. The highest BCUT2D eigenvalue weighted by atomic mass is 16.6. The van der Waals surface area contributed by atoms with Gasteiger partial charge in [0.1, 0.15) is 0 Å². The van der Waals surface area contributed by atoms with E-state index in [1.54, 1.807) is 35.2 Å². The molecule has 32 heavy (non-hydrogen) atoms. The van der Waals surface area contributed by atoms with Gasteiger partial charge in [-0.3, -0.25) is 14.9 Å². The fourth-order valence-corrected chi connectivity index (χ4v) is 3.86. The molecule has 5 rings (SSSR count). The first-order chi connectivity index (χ1) is 15.5. The second kappa shape index (κ2) is 7.73. The van der Waals surface area contributed by atoms with Crippen LogP contribution in [0.5, 0.6) is 0 Å². The molecule has 1 aliphatic rings. The highest BCUT2D eigenvalue weighted by Crippen LogP contribution is 2.33. The Labute approximate surface area is 183 Å². The van der Waals surface area contributed by atoms with E-state index in [2.05, 4.69) is 10.2 Å². The number of anilines is 1. The molecular weight excluding hydrogens is 408 g/mol. The minimum Gasteiger partial charge on any atom is -0.416 e. The quantitative estimate of drug-likeness (QED) is 0.342. The molecule has 2 heterocycles. The first-order valence-corrected chi connectivity index (χ1v) is 10.1. The van der Waals surface area contributed by atoms with Gasteiger partial charge in [0.25, 0.3) is 11.6 Å². The SMILES string of the molecule is Cc1ccccc1-c1nnc(-c2ccc(C(=O)N3CCc4ccc([N+](=O)[O-])cc43)cc2)o1. The summed E-state index contributed by atoms with van der Waals surface area (Å²) >= 11 is 0. The maximum Gasteiger partial charge on any atom is 0.271 e. The van der Waals surface area contributed by atoms with Crippen LogP contribution in [0.3, 0.4) is 0 Å². The van der Waals surface area contributed by atoms with Crippen LogP contribution in [0.1, 0.15) is 21.5 Å². The number of hydrogen-bond acceptors (Lipinski definition) is 6. The first kappa shape index (κ1) is 19.6. The molecule has 0 bridgehead atoms. The molecule has 3 aromatic carbocycles. The summed E-state index contributed by atoms with van der Waals surface area (Å²) in [4.78, 5) is 25.3. The zero-order valence-corrected chi connectivity index (χ0v) is 17.2. The molecule has 0 fully saturated rings. The van der Waals surface area contributed by atoms with Crippen molar-refractivity contribution in [2.75, 3.05) is 11.4 Å². The maximum absolute atomic E-state index is 13.1. The lowest BCUT2D eigenvalue weighted by molar-refractivity contribution is -0.384. The van der Waals surface area contributed by atoms with Crippen LogP contribution >= 0.6 is 0 Å². The number of benzene rings is 3. The minimum absolute atomic E-state index is 0.0281. The van der Waals surface area contributed by atoms with E-state index in [-0.39, 0.29) is 11.6 Å². The highest BCUT2D eigenvalue weighted by Gasteiger charge is 2.27. The zero-order chi connectivity index (χ0) is 22.2. The van der Waals surface area contributed by atoms with Gasteiger partial charge in [-0.25, -0.2) is 0 Å². The third-order valence-corrected chi connectivity index (χ3v) is 5.60. The van der Waals surface area contributed by atoms with Gasteiger partial charge in [0.15, 0.2) is 0 Å². The van der Waals surface area contributed by atoms with Crippen LogP contribution in [0.25, 0.3) is 22.9 Å². The Hall–Kier alpha value is -4.33. The van der Waals surface area contributed by atoms with Gasteiger partial charge in [0, 0.05) is 35.4 Å². The summed E-state index contributed by atoms with van der Waals surface area (Å²) in [7, 11) is 0. The summed E-state index contributed by atoms with van der Waals surface area (Å²) in [6.45, 7) is 2.46. The van der Waals surface area contributed by atoms with Crippen LogP contribution in [0.15, 0.2) is 71.1 Å². The number of carbonyl (C=O) groups is 1. The molecule has 0 spiro atoms. The predicted molar refractivity (Wildman–Crippen MR) is 118 cm³/mol. The smallest absolute Gasteiger partial charge is 0.271 e. The van der Waals surface area contributed by atoms with Gasteiger partial charge in [-0.2, -0.15) is 0 Å².